The lowest BCUT2D eigenvalue weighted by molar-refractivity contribution is 0.289. The lowest BCUT2D eigenvalue weighted by Gasteiger charge is -2.28. The highest BCUT2D eigenvalue weighted by molar-refractivity contribution is 5.39. The van der Waals surface area contributed by atoms with Gasteiger partial charge in [-0.2, -0.15) is 0 Å². The Morgan fingerprint density at radius 3 is 2.17 bits per heavy atom. The molecule has 29 heavy (non-hydrogen) atoms. The average Bonchev–Trinajstić information content (AvgIpc) is 2.78. The van der Waals surface area contributed by atoms with Gasteiger partial charge >= 0.3 is 0 Å². The molecule has 1 aromatic carbocycles. The zero-order chi connectivity index (χ0) is 20.3. The third-order valence-electron chi connectivity index (χ3n) is 7.58. The third kappa shape index (κ3) is 7.37. The van der Waals surface area contributed by atoms with Crippen LogP contribution >= 0.6 is 0 Å². The van der Waals surface area contributed by atoms with Gasteiger partial charge < -0.3 is 0 Å². The molecule has 0 amide bonds. The van der Waals surface area contributed by atoms with Crippen molar-refractivity contribution in [2.75, 3.05) is 0 Å². The summed E-state index contributed by atoms with van der Waals surface area (Å²) in [6.07, 6.45) is 22.6. The van der Waals surface area contributed by atoms with Gasteiger partial charge in [0.25, 0.3) is 0 Å². The summed E-state index contributed by atoms with van der Waals surface area (Å²) in [6.45, 7) is 4.64. The minimum Gasteiger partial charge on any atom is -0.0730 e. The fourth-order valence-electron chi connectivity index (χ4n) is 5.40. The lowest BCUT2D eigenvalue weighted by atomic mass is 9.78. The average molecular weight is 391 g/mol. The van der Waals surface area contributed by atoms with Gasteiger partial charge in [-0.1, -0.05) is 76.0 Å². The Balaban J connectivity index is 1.40. The minimum atomic E-state index is 0.757. The Hall–Kier alpha value is -1.48. The third-order valence-corrected chi connectivity index (χ3v) is 7.58. The smallest absolute Gasteiger partial charge is 0.0249 e. The number of unbranched alkanes of at least 4 members (excludes halogenated alkanes) is 2. The molecule has 3 rings (SSSR count). The van der Waals surface area contributed by atoms with Crippen LogP contribution in [0.5, 0.6) is 0 Å². The second kappa shape index (κ2) is 12.3. The van der Waals surface area contributed by atoms with Crippen LogP contribution in [-0.2, 0) is 0 Å². The lowest BCUT2D eigenvalue weighted by Crippen LogP contribution is -2.12. The Morgan fingerprint density at radius 1 is 0.828 bits per heavy atom. The molecular weight excluding hydrogens is 348 g/mol. The molecule has 0 spiro atoms. The van der Waals surface area contributed by atoms with E-state index in [1.165, 1.54) is 89.0 Å². The van der Waals surface area contributed by atoms with E-state index in [4.69, 9.17) is 0 Å². The van der Waals surface area contributed by atoms with E-state index in [1.54, 1.807) is 0 Å². The van der Waals surface area contributed by atoms with Gasteiger partial charge in [-0.25, -0.2) is 0 Å². The first-order valence-electron chi connectivity index (χ1n) is 12.6. The number of rotatable bonds is 7. The monoisotopic (exact) mass is 390 g/mol. The molecule has 0 radical (unpaired) electrons. The molecule has 0 unspecified atom stereocenters. The normalized spacial score (nSPS) is 27.5. The summed E-state index contributed by atoms with van der Waals surface area (Å²) in [4.78, 5) is 0. The Bertz CT molecular complexity index is 652. The summed E-state index contributed by atoms with van der Waals surface area (Å²) in [7, 11) is 0. The van der Waals surface area contributed by atoms with Gasteiger partial charge in [-0.3, -0.25) is 0 Å². The van der Waals surface area contributed by atoms with Crippen LogP contribution in [-0.4, -0.2) is 0 Å². The van der Waals surface area contributed by atoms with Crippen molar-refractivity contribution in [3.8, 4) is 11.8 Å². The van der Waals surface area contributed by atoms with Gasteiger partial charge in [0, 0.05) is 5.56 Å². The molecule has 2 saturated carbocycles. The number of allylic oxidation sites excluding steroid dienone is 2. The number of hydrogen-bond donors (Lipinski definition) is 0. The van der Waals surface area contributed by atoms with E-state index < -0.39 is 0 Å². The van der Waals surface area contributed by atoms with Crippen molar-refractivity contribution in [3.63, 3.8) is 0 Å². The first-order valence-corrected chi connectivity index (χ1v) is 12.6. The molecule has 0 saturated heterocycles. The van der Waals surface area contributed by atoms with Crippen molar-refractivity contribution < 1.29 is 0 Å². The van der Waals surface area contributed by atoms with Gasteiger partial charge in [0.15, 0.2) is 0 Å². The van der Waals surface area contributed by atoms with Crippen molar-refractivity contribution in [2.24, 2.45) is 17.8 Å². The molecule has 0 nitrogen and oxygen atoms in total. The zero-order valence-electron chi connectivity index (χ0n) is 19.0. The van der Waals surface area contributed by atoms with Gasteiger partial charge in [0.05, 0.1) is 0 Å². The Kier molecular flexibility index (Phi) is 9.40. The summed E-state index contributed by atoms with van der Waals surface area (Å²) in [5.41, 5.74) is 2.68. The molecule has 2 fully saturated rings. The van der Waals surface area contributed by atoms with E-state index in [1.807, 2.05) is 0 Å². The van der Waals surface area contributed by atoms with Crippen LogP contribution in [0.4, 0.5) is 0 Å². The summed E-state index contributed by atoms with van der Waals surface area (Å²) < 4.78 is 0. The number of benzene rings is 1. The highest BCUT2D eigenvalue weighted by atomic mass is 14.3. The predicted octanol–water partition coefficient (Wildman–Crippen LogP) is 8.66. The Morgan fingerprint density at radius 2 is 1.52 bits per heavy atom. The summed E-state index contributed by atoms with van der Waals surface area (Å²) in [6, 6.07) is 9.10. The SMILES string of the molecule is CCCCCC1CCC(C=CC#Cc2ccc(C3CCC(CC)CC3)cc2)CC1. The molecular formula is C29H42. The van der Waals surface area contributed by atoms with E-state index >= 15 is 0 Å². The number of hydrogen-bond acceptors (Lipinski definition) is 0. The quantitative estimate of drug-likeness (QED) is 0.323. The van der Waals surface area contributed by atoms with Crippen LogP contribution in [0, 0.1) is 29.6 Å². The van der Waals surface area contributed by atoms with Crippen molar-refractivity contribution in [1.29, 1.82) is 0 Å². The van der Waals surface area contributed by atoms with Crippen LogP contribution in [0.2, 0.25) is 0 Å². The first-order chi connectivity index (χ1) is 14.3. The van der Waals surface area contributed by atoms with Gasteiger partial charge in [0.2, 0.25) is 0 Å². The van der Waals surface area contributed by atoms with Gasteiger partial charge in [0.1, 0.15) is 0 Å². The van der Waals surface area contributed by atoms with Crippen LogP contribution in [0.15, 0.2) is 36.4 Å². The molecule has 0 atom stereocenters. The second-order valence-electron chi connectivity index (χ2n) is 9.65. The minimum absolute atomic E-state index is 0.757. The Labute approximate surface area is 180 Å². The standard InChI is InChI=1S/C29H42/c1-3-5-6-9-25-12-14-26(15-13-25)10-7-8-11-27-18-22-29(23-19-27)28-20-16-24(4-2)17-21-28/h7,10,18-19,22-26,28H,3-6,9,12-17,20-21H2,1-2H3. The van der Waals surface area contributed by atoms with Crippen molar-refractivity contribution in [1.82, 2.24) is 0 Å². The van der Waals surface area contributed by atoms with E-state index in [2.05, 4.69) is 62.1 Å². The second-order valence-corrected chi connectivity index (χ2v) is 9.65. The summed E-state index contributed by atoms with van der Waals surface area (Å²) in [5.74, 6) is 10.1. The molecule has 158 valence electrons. The summed E-state index contributed by atoms with van der Waals surface area (Å²) >= 11 is 0. The van der Waals surface area contributed by atoms with E-state index in [0.29, 0.717) is 0 Å². The maximum atomic E-state index is 3.34. The van der Waals surface area contributed by atoms with Crippen LogP contribution in [0.25, 0.3) is 0 Å². The highest BCUT2D eigenvalue weighted by Crippen LogP contribution is 2.37. The maximum absolute atomic E-state index is 3.34. The van der Waals surface area contributed by atoms with E-state index in [0.717, 1.165) is 29.2 Å². The molecule has 2 aliphatic carbocycles. The van der Waals surface area contributed by atoms with Crippen molar-refractivity contribution in [2.45, 2.75) is 103 Å². The molecule has 0 heterocycles. The van der Waals surface area contributed by atoms with Gasteiger partial charge in [-0.15, -0.1) is 0 Å². The van der Waals surface area contributed by atoms with Crippen molar-refractivity contribution >= 4 is 0 Å². The molecule has 2 aliphatic rings. The summed E-state index contributed by atoms with van der Waals surface area (Å²) in [5, 5.41) is 0. The molecule has 0 N–H and O–H groups in total. The van der Waals surface area contributed by atoms with Crippen LogP contribution in [0.3, 0.4) is 0 Å². The van der Waals surface area contributed by atoms with E-state index in [-0.39, 0.29) is 0 Å². The predicted molar refractivity (Wildman–Crippen MR) is 127 cm³/mol. The first kappa shape index (κ1) is 22.2. The zero-order valence-corrected chi connectivity index (χ0v) is 19.0. The molecule has 0 heteroatoms. The van der Waals surface area contributed by atoms with Crippen LogP contribution < -0.4 is 0 Å². The maximum Gasteiger partial charge on any atom is 0.0249 e. The fraction of sp³-hybridized carbons (Fsp3) is 0.655. The largest absolute Gasteiger partial charge is 0.0730 e. The van der Waals surface area contributed by atoms with Gasteiger partial charge in [-0.05, 0) is 98.8 Å². The molecule has 0 bridgehead atoms. The van der Waals surface area contributed by atoms with Crippen molar-refractivity contribution in [3.05, 3.63) is 47.5 Å². The fourth-order valence-corrected chi connectivity index (χ4v) is 5.40. The molecule has 0 aliphatic heterocycles. The molecule has 0 aromatic heterocycles. The van der Waals surface area contributed by atoms with Crippen LogP contribution in [0.1, 0.15) is 114 Å². The molecule has 1 aromatic rings. The topological polar surface area (TPSA) is 0 Å². The van der Waals surface area contributed by atoms with E-state index in [9.17, 15) is 0 Å². The highest BCUT2D eigenvalue weighted by Gasteiger charge is 2.21.